The molecule has 0 aliphatic rings. The summed E-state index contributed by atoms with van der Waals surface area (Å²) in [7, 11) is -4.06. The van der Waals surface area contributed by atoms with Crippen molar-refractivity contribution in [2.75, 3.05) is 39.0 Å². The maximum atomic E-state index is 13.3. The zero-order valence-electron chi connectivity index (χ0n) is 8.98. The molecule has 0 atom stereocenters. The van der Waals surface area contributed by atoms with Gasteiger partial charge in [0.1, 0.15) is 0 Å². The van der Waals surface area contributed by atoms with Crippen LogP contribution in [0.3, 0.4) is 0 Å². The maximum Gasteiger partial charge on any atom is 0.425 e. The molecule has 0 saturated carbocycles. The summed E-state index contributed by atoms with van der Waals surface area (Å²) in [5, 5.41) is 0. The Morgan fingerprint density at radius 2 is 1.15 bits per heavy atom. The van der Waals surface area contributed by atoms with Gasteiger partial charge in [-0.1, -0.05) is 0 Å². The molecule has 80 valence electrons. The van der Waals surface area contributed by atoms with Gasteiger partial charge in [0.15, 0.2) is 0 Å². The first-order valence-corrected chi connectivity index (χ1v) is 11.5. The van der Waals surface area contributed by atoms with Gasteiger partial charge >= 0.3 is 8.74 Å². The molecule has 0 bridgehead atoms. The fourth-order valence-electron chi connectivity index (χ4n) is 0.899. The first kappa shape index (κ1) is 13.9. The lowest BCUT2D eigenvalue weighted by Gasteiger charge is -2.15. The van der Waals surface area contributed by atoms with Gasteiger partial charge < -0.3 is 0 Å². The van der Waals surface area contributed by atoms with Crippen molar-refractivity contribution < 1.29 is 8.22 Å². The van der Waals surface area contributed by atoms with Gasteiger partial charge in [0.2, 0.25) is 0 Å². The van der Waals surface area contributed by atoms with Crippen molar-refractivity contribution in [1.82, 2.24) is 0 Å². The maximum absolute atomic E-state index is 13.3. The van der Waals surface area contributed by atoms with Gasteiger partial charge in [0.25, 0.3) is 0 Å². The normalized spacial score (nSPS) is 12.9. The molecule has 0 amide bonds. The third-order valence-electron chi connectivity index (χ3n) is 1.85. The Balaban J connectivity index is 3.66. The number of halogens is 2. The van der Waals surface area contributed by atoms with Crippen molar-refractivity contribution in [2.45, 2.75) is 12.1 Å². The summed E-state index contributed by atoms with van der Waals surface area (Å²) in [5.41, 5.74) is 0. The van der Waals surface area contributed by atoms with Crippen LogP contribution < -0.4 is 0 Å². The average molecular weight is 244 g/mol. The summed E-state index contributed by atoms with van der Waals surface area (Å²) in [5.74, 6) is 0. The molecule has 5 heteroatoms. The Hall–Kier alpha value is 0.937. The molecule has 0 nitrogen and oxygen atoms in total. The lowest BCUT2D eigenvalue weighted by Crippen LogP contribution is -2.24. The summed E-state index contributed by atoms with van der Waals surface area (Å²) < 4.78 is 26.6. The molecule has 0 rings (SSSR count). The van der Waals surface area contributed by atoms with Crippen molar-refractivity contribution >= 4 is 24.6 Å². The third-order valence-corrected chi connectivity index (χ3v) is 6.89. The van der Waals surface area contributed by atoms with E-state index in [0.29, 0.717) is 0 Å². The molecule has 13 heavy (non-hydrogen) atoms. The highest BCUT2D eigenvalue weighted by Crippen LogP contribution is 2.34. The molecule has 0 spiro atoms. The van der Waals surface area contributed by atoms with Crippen LogP contribution in [0.4, 0.5) is 8.22 Å². The number of hydrogen-bond acceptors (Lipinski definition) is 0. The third kappa shape index (κ3) is 9.25. The molecule has 0 aromatic heterocycles. The van der Waals surface area contributed by atoms with Crippen LogP contribution >= 0.6 is 15.8 Å². The molecule has 0 heterocycles. The highest BCUT2D eigenvalue weighted by molar-refractivity contribution is 7.56. The van der Waals surface area contributed by atoms with Crippen LogP contribution in [0.5, 0.6) is 0 Å². The van der Waals surface area contributed by atoms with Crippen molar-refractivity contribution in [2.24, 2.45) is 0 Å². The summed E-state index contributed by atoms with van der Waals surface area (Å²) in [4.78, 5) is 0. The van der Waals surface area contributed by atoms with Crippen molar-refractivity contribution in [1.29, 1.82) is 0 Å². The molecular formula is C8H20F2P2Si. The van der Waals surface area contributed by atoms with E-state index in [1.807, 2.05) is 0 Å². The number of rotatable bonds is 6. The SMILES string of the molecule is CP(C)CC[Si](F)(F)CCP(C)C. The van der Waals surface area contributed by atoms with E-state index in [9.17, 15) is 8.22 Å². The number of hydrogen-bond donors (Lipinski definition) is 0. The summed E-state index contributed by atoms with van der Waals surface area (Å²) in [6.45, 7) is 8.30. The molecule has 0 saturated heterocycles. The van der Waals surface area contributed by atoms with Crippen molar-refractivity contribution in [3.05, 3.63) is 0 Å². The van der Waals surface area contributed by atoms with Gasteiger partial charge in [0, 0.05) is 12.1 Å². The van der Waals surface area contributed by atoms with E-state index in [-0.39, 0.29) is 27.9 Å². The van der Waals surface area contributed by atoms with Gasteiger partial charge in [-0.25, -0.2) is 0 Å². The minimum atomic E-state index is -3.80. The van der Waals surface area contributed by atoms with E-state index in [0.717, 1.165) is 12.3 Å². The van der Waals surface area contributed by atoms with Crippen molar-refractivity contribution in [3.63, 3.8) is 0 Å². The van der Waals surface area contributed by atoms with Crippen molar-refractivity contribution in [3.8, 4) is 0 Å². The van der Waals surface area contributed by atoms with E-state index < -0.39 is 8.74 Å². The second-order valence-corrected chi connectivity index (χ2v) is 11.9. The standard InChI is InChI=1S/C8H20F2P2Si/c1-11(2)5-7-13(9,10)8-6-12(3)4/h5-8H2,1-4H3. The minimum Gasteiger partial charge on any atom is -0.270 e. The van der Waals surface area contributed by atoms with Crippen LogP contribution in [0.25, 0.3) is 0 Å². The molecule has 0 fully saturated rings. The molecule has 0 aromatic carbocycles. The van der Waals surface area contributed by atoms with Crippen LogP contribution in [-0.4, -0.2) is 47.7 Å². The predicted molar refractivity (Wildman–Crippen MR) is 64.9 cm³/mol. The first-order valence-electron chi connectivity index (χ1n) is 4.51. The Labute approximate surface area is 84.4 Å². The zero-order chi connectivity index (χ0) is 10.5. The lowest BCUT2D eigenvalue weighted by atomic mass is 10.9. The van der Waals surface area contributed by atoms with Gasteiger partial charge in [-0.15, -0.1) is 15.8 Å². The van der Waals surface area contributed by atoms with E-state index in [2.05, 4.69) is 26.7 Å². The molecule has 0 aliphatic heterocycles. The molecule has 0 radical (unpaired) electrons. The molecule has 0 aliphatic carbocycles. The van der Waals surface area contributed by atoms with Crippen LogP contribution in [0, 0.1) is 0 Å². The highest BCUT2D eigenvalue weighted by Gasteiger charge is 2.34. The second-order valence-electron chi connectivity index (χ2n) is 3.96. The fourth-order valence-corrected chi connectivity index (χ4v) is 7.34. The minimum absolute atomic E-state index is 0.131. The second kappa shape index (κ2) is 6.43. The van der Waals surface area contributed by atoms with E-state index in [1.165, 1.54) is 0 Å². The van der Waals surface area contributed by atoms with Gasteiger partial charge in [-0.3, -0.25) is 8.22 Å². The summed E-state index contributed by atoms with van der Waals surface area (Å²) in [6.07, 6.45) is 1.53. The monoisotopic (exact) mass is 244 g/mol. The first-order chi connectivity index (χ1) is 5.83. The van der Waals surface area contributed by atoms with E-state index >= 15 is 0 Å². The van der Waals surface area contributed by atoms with Gasteiger partial charge in [-0.05, 0) is 39.0 Å². The fraction of sp³-hybridized carbons (Fsp3) is 1.00. The highest BCUT2D eigenvalue weighted by atomic mass is 31.1. The predicted octanol–water partition coefficient (Wildman–Crippen LogP) is 3.85. The summed E-state index contributed by atoms with van der Waals surface area (Å²) in [6, 6.07) is 0.462. The van der Waals surface area contributed by atoms with Crippen LogP contribution in [0.15, 0.2) is 0 Å². The lowest BCUT2D eigenvalue weighted by molar-refractivity contribution is 0.597. The molecular weight excluding hydrogens is 224 g/mol. The van der Waals surface area contributed by atoms with Gasteiger partial charge in [0.05, 0.1) is 0 Å². The van der Waals surface area contributed by atoms with E-state index in [4.69, 9.17) is 0 Å². The zero-order valence-corrected chi connectivity index (χ0v) is 11.8. The topological polar surface area (TPSA) is 0 Å². The van der Waals surface area contributed by atoms with Crippen LogP contribution in [0.1, 0.15) is 0 Å². The summed E-state index contributed by atoms with van der Waals surface area (Å²) >= 11 is 0. The van der Waals surface area contributed by atoms with E-state index in [1.54, 1.807) is 0 Å². The largest absolute Gasteiger partial charge is 0.425 e. The van der Waals surface area contributed by atoms with Crippen LogP contribution in [-0.2, 0) is 0 Å². The molecule has 0 unspecified atom stereocenters. The quantitative estimate of drug-likeness (QED) is 0.378. The Morgan fingerprint density at radius 3 is 1.38 bits per heavy atom. The Kier molecular flexibility index (Phi) is 6.89. The smallest absolute Gasteiger partial charge is 0.270 e. The Bertz CT molecular complexity index is 126. The average Bonchev–Trinajstić information content (AvgIpc) is 1.98. The molecule has 0 aromatic rings. The Morgan fingerprint density at radius 1 is 0.846 bits per heavy atom. The van der Waals surface area contributed by atoms with Gasteiger partial charge in [-0.2, -0.15) is 0 Å². The van der Waals surface area contributed by atoms with Crippen LogP contribution in [0.2, 0.25) is 12.1 Å². The molecule has 0 N–H and O–H groups in total.